The summed E-state index contributed by atoms with van der Waals surface area (Å²) in [5, 5.41) is 3.75. The van der Waals surface area contributed by atoms with Crippen molar-refractivity contribution in [2.24, 2.45) is 5.92 Å². The van der Waals surface area contributed by atoms with Crippen LogP contribution in [0.15, 0.2) is 18.2 Å². The van der Waals surface area contributed by atoms with Gasteiger partial charge in [-0.05, 0) is 51.0 Å². The zero-order valence-electron chi connectivity index (χ0n) is 12.8. The van der Waals surface area contributed by atoms with Gasteiger partial charge in [-0.2, -0.15) is 0 Å². The molecule has 0 amide bonds. The minimum atomic E-state index is 0.744. The third-order valence-corrected chi connectivity index (χ3v) is 4.42. The Bertz CT molecular complexity index is 368. The molecular weight excluding hydrogens is 230 g/mol. The molecular formula is C18H29N. The minimum Gasteiger partial charge on any atom is -0.310 e. The Labute approximate surface area is 118 Å². The molecule has 0 saturated heterocycles. The monoisotopic (exact) mass is 259 g/mol. The largest absolute Gasteiger partial charge is 0.310 e. The summed E-state index contributed by atoms with van der Waals surface area (Å²) < 4.78 is 0. The molecule has 1 aromatic carbocycles. The molecule has 1 aliphatic carbocycles. The SMILES string of the molecule is CCCC1CCC(NCc2cc(C)cc(C)c2)CC1. The summed E-state index contributed by atoms with van der Waals surface area (Å²) in [5.41, 5.74) is 4.19. The molecule has 0 radical (unpaired) electrons. The van der Waals surface area contributed by atoms with Crippen molar-refractivity contribution >= 4 is 0 Å². The van der Waals surface area contributed by atoms with Crippen LogP contribution in [0, 0.1) is 19.8 Å². The van der Waals surface area contributed by atoms with E-state index in [0.717, 1.165) is 18.5 Å². The zero-order chi connectivity index (χ0) is 13.7. The highest BCUT2D eigenvalue weighted by atomic mass is 14.9. The van der Waals surface area contributed by atoms with Crippen molar-refractivity contribution in [3.63, 3.8) is 0 Å². The van der Waals surface area contributed by atoms with Crippen LogP contribution in [-0.4, -0.2) is 6.04 Å². The highest BCUT2D eigenvalue weighted by Gasteiger charge is 2.19. The van der Waals surface area contributed by atoms with E-state index in [4.69, 9.17) is 0 Å². The van der Waals surface area contributed by atoms with Crippen molar-refractivity contribution in [1.82, 2.24) is 5.32 Å². The van der Waals surface area contributed by atoms with Crippen LogP contribution in [0.1, 0.15) is 62.1 Å². The lowest BCUT2D eigenvalue weighted by molar-refractivity contribution is 0.277. The van der Waals surface area contributed by atoms with E-state index in [1.165, 1.54) is 55.2 Å². The van der Waals surface area contributed by atoms with E-state index in [0.29, 0.717) is 0 Å². The highest BCUT2D eigenvalue weighted by Crippen LogP contribution is 2.27. The number of aryl methyl sites for hydroxylation is 2. The smallest absolute Gasteiger partial charge is 0.0208 e. The molecule has 1 fully saturated rings. The average molecular weight is 259 g/mol. The van der Waals surface area contributed by atoms with Crippen LogP contribution in [0.25, 0.3) is 0 Å². The number of benzene rings is 1. The maximum absolute atomic E-state index is 3.75. The van der Waals surface area contributed by atoms with Gasteiger partial charge in [0.05, 0.1) is 0 Å². The molecule has 0 aliphatic heterocycles. The topological polar surface area (TPSA) is 12.0 Å². The molecule has 2 rings (SSSR count). The lowest BCUT2D eigenvalue weighted by Gasteiger charge is -2.29. The Balaban J connectivity index is 1.77. The van der Waals surface area contributed by atoms with Crippen molar-refractivity contribution in [3.05, 3.63) is 34.9 Å². The minimum absolute atomic E-state index is 0.744. The van der Waals surface area contributed by atoms with Gasteiger partial charge in [0, 0.05) is 12.6 Å². The van der Waals surface area contributed by atoms with Crippen LogP contribution >= 0.6 is 0 Å². The van der Waals surface area contributed by atoms with Gasteiger partial charge in [-0.3, -0.25) is 0 Å². The Kier molecular flexibility index (Phi) is 5.45. The predicted molar refractivity (Wildman–Crippen MR) is 83.4 cm³/mol. The van der Waals surface area contributed by atoms with Gasteiger partial charge in [-0.1, -0.05) is 49.1 Å². The molecule has 0 spiro atoms. The fourth-order valence-electron chi connectivity index (χ4n) is 3.50. The standard InChI is InChI=1S/C18H29N/c1-4-5-16-6-8-18(9-7-16)19-13-17-11-14(2)10-15(3)12-17/h10-12,16,18-19H,4-9,13H2,1-3H3. The quantitative estimate of drug-likeness (QED) is 0.804. The second kappa shape index (κ2) is 7.09. The molecule has 0 unspecified atom stereocenters. The molecule has 1 nitrogen and oxygen atoms in total. The van der Waals surface area contributed by atoms with Gasteiger partial charge in [0.2, 0.25) is 0 Å². The molecule has 0 heterocycles. The molecule has 1 aromatic rings. The van der Waals surface area contributed by atoms with Crippen LogP contribution in [0.3, 0.4) is 0 Å². The molecule has 19 heavy (non-hydrogen) atoms. The molecule has 1 saturated carbocycles. The summed E-state index contributed by atoms with van der Waals surface area (Å²) in [5.74, 6) is 1.00. The van der Waals surface area contributed by atoms with E-state index in [1.807, 2.05) is 0 Å². The number of rotatable bonds is 5. The highest BCUT2D eigenvalue weighted by molar-refractivity contribution is 5.28. The Morgan fingerprint density at radius 3 is 2.21 bits per heavy atom. The summed E-state index contributed by atoms with van der Waals surface area (Å²) >= 11 is 0. The lowest BCUT2D eigenvalue weighted by Crippen LogP contribution is -2.32. The molecule has 0 atom stereocenters. The van der Waals surface area contributed by atoms with Crippen LogP contribution in [-0.2, 0) is 6.54 Å². The first-order chi connectivity index (χ1) is 9.17. The predicted octanol–water partition coefficient (Wildman–Crippen LogP) is 4.75. The van der Waals surface area contributed by atoms with Gasteiger partial charge >= 0.3 is 0 Å². The van der Waals surface area contributed by atoms with Crippen LogP contribution < -0.4 is 5.32 Å². The fourth-order valence-corrected chi connectivity index (χ4v) is 3.50. The van der Waals surface area contributed by atoms with E-state index in [-0.39, 0.29) is 0 Å². The van der Waals surface area contributed by atoms with Gasteiger partial charge in [0.1, 0.15) is 0 Å². The first-order valence-electron chi connectivity index (χ1n) is 7.98. The summed E-state index contributed by atoms with van der Waals surface area (Å²) in [4.78, 5) is 0. The van der Waals surface area contributed by atoms with E-state index in [9.17, 15) is 0 Å². The summed E-state index contributed by atoms with van der Waals surface area (Å²) in [7, 11) is 0. The first-order valence-corrected chi connectivity index (χ1v) is 7.98. The second-order valence-electron chi connectivity index (χ2n) is 6.38. The second-order valence-corrected chi connectivity index (χ2v) is 6.38. The Morgan fingerprint density at radius 1 is 1.00 bits per heavy atom. The van der Waals surface area contributed by atoms with Crippen molar-refractivity contribution in [2.45, 2.75) is 71.9 Å². The van der Waals surface area contributed by atoms with E-state index in [1.54, 1.807) is 0 Å². The number of nitrogens with one attached hydrogen (secondary N) is 1. The third-order valence-electron chi connectivity index (χ3n) is 4.42. The number of hydrogen-bond acceptors (Lipinski definition) is 1. The maximum Gasteiger partial charge on any atom is 0.0208 e. The Hall–Kier alpha value is -0.820. The lowest BCUT2D eigenvalue weighted by atomic mass is 9.83. The molecule has 0 bridgehead atoms. The van der Waals surface area contributed by atoms with Crippen LogP contribution in [0.2, 0.25) is 0 Å². The summed E-state index contributed by atoms with van der Waals surface area (Å²) in [6.07, 6.45) is 8.39. The van der Waals surface area contributed by atoms with Gasteiger partial charge < -0.3 is 5.32 Å². The molecule has 0 aromatic heterocycles. The van der Waals surface area contributed by atoms with Crippen molar-refractivity contribution in [2.75, 3.05) is 0 Å². The zero-order valence-corrected chi connectivity index (χ0v) is 12.8. The average Bonchev–Trinajstić information content (AvgIpc) is 2.37. The van der Waals surface area contributed by atoms with E-state index >= 15 is 0 Å². The summed E-state index contributed by atoms with van der Waals surface area (Å²) in [6, 6.07) is 7.61. The molecule has 1 N–H and O–H groups in total. The third kappa shape index (κ3) is 4.65. The van der Waals surface area contributed by atoms with Crippen LogP contribution in [0.5, 0.6) is 0 Å². The molecule has 1 heteroatoms. The van der Waals surface area contributed by atoms with Gasteiger partial charge in [-0.15, -0.1) is 0 Å². The Morgan fingerprint density at radius 2 is 1.63 bits per heavy atom. The van der Waals surface area contributed by atoms with E-state index in [2.05, 4.69) is 44.3 Å². The maximum atomic E-state index is 3.75. The fraction of sp³-hybridized carbons (Fsp3) is 0.667. The molecule has 1 aliphatic rings. The first kappa shape index (κ1) is 14.6. The normalized spacial score (nSPS) is 23.5. The van der Waals surface area contributed by atoms with E-state index < -0.39 is 0 Å². The van der Waals surface area contributed by atoms with Crippen molar-refractivity contribution in [1.29, 1.82) is 0 Å². The van der Waals surface area contributed by atoms with Gasteiger partial charge in [0.15, 0.2) is 0 Å². The van der Waals surface area contributed by atoms with Gasteiger partial charge in [0.25, 0.3) is 0 Å². The van der Waals surface area contributed by atoms with Crippen molar-refractivity contribution in [3.8, 4) is 0 Å². The molecule has 106 valence electrons. The number of hydrogen-bond donors (Lipinski definition) is 1. The summed E-state index contributed by atoms with van der Waals surface area (Å²) in [6.45, 7) is 7.72. The van der Waals surface area contributed by atoms with Crippen LogP contribution in [0.4, 0.5) is 0 Å². The van der Waals surface area contributed by atoms with Gasteiger partial charge in [-0.25, -0.2) is 0 Å². The van der Waals surface area contributed by atoms with Crippen molar-refractivity contribution < 1.29 is 0 Å².